The van der Waals surface area contributed by atoms with Crippen LogP contribution in [0.5, 0.6) is 0 Å². The molecule has 2 aromatic carbocycles. The minimum absolute atomic E-state index is 0.0172. The second-order valence-corrected chi connectivity index (χ2v) is 4.55. The van der Waals surface area contributed by atoms with Gasteiger partial charge in [-0.25, -0.2) is 0 Å². The molecule has 106 valence electrons. The summed E-state index contributed by atoms with van der Waals surface area (Å²) in [7, 11) is 0. The van der Waals surface area contributed by atoms with E-state index in [1.165, 1.54) is 18.4 Å². The maximum absolute atomic E-state index is 12.7. The molecule has 0 spiro atoms. The van der Waals surface area contributed by atoms with E-state index in [0.717, 1.165) is 12.1 Å². The number of para-hydroxylation sites is 1. The zero-order valence-corrected chi connectivity index (χ0v) is 10.6. The highest BCUT2D eigenvalue weighted by atomic mass is 19.4. The summed E-state index contributed by atoms with van der Waals surface area (Å²) in [6.07, 6.45) is -3.21. The van der Waals surface area contributed by atoms with Crippen molar-refractivity contribution in [1.82, 2.24) is 0 Å². The minimum atomic E-state index is -4.48. The van der Waals surface area contributed by atoms with Crippen LogP contribution in [-0.4, -0.2) is 5.78 Å². The molecule has 0 bridgehead atoms. The average molecular weight is 290 g/mol. The van der Waals surface area contributed by atoms with Crippen LogP contribution in [0.3, 0.4) is 0 Å². The molecule has 0 atom stereocenters. The van der Waals surface area contributed by atoms with Gasteiger partial charge in [0.1, 0.15) is 11.8 Å². The SMILES string of the molecule is O=C(c1cccc(C(F)(F)F)c1)c1coc2ccccc12. The molecule has 0 unspecified atom stereocenters. The van der Waals surface area contributed by atoms with Crippen molar-refractivity contribution < 1.29 is 22.4 Å². The molecule has 0 aliphatic heterocycles. The Morgan fingerprint density at radius 3 is 2.52 bits per heavy atom. The molecular weight excluding hydrogens is 281 g/mol. The van der Waals surface area contributed by atoms with Crippen LogP contribution in [-0.2, 0) is 6.18 Å². The summed E-state index contributed by atoms with van der Waals surface area (Å²) in [6.45, 7) is 0. The van der Waals surface area contributed by atoms with Crippen molar-refractivity contribution in [2.75, 3.05) is 0 Å². The number of benzene rings is 2. The molecule has 1 aromatic heterocycles. The third-order valence-electron chi connectivity index (χ3n) is 3.18. The van der Waals surface area contributed by atoms with Crippen molar-refractivity contribution in [2.24, 2.45) is 0 Å². The molecular formula is C16H9F3O2. The van der Waals surface area contributed by atoms with E-state index in [4.69, 9.17) is 4.42 Å². The fourth-order valence-corrected chi connectivity index (χ4v) is 2.15. The molecule has 0 N–H and O–H groups in total. The van der Waals surface area contributed by atoms with Crippen molar-refractivity contribution in [3.63, 3.8) is 0 Å². The van der Waals surface area contributed by atoms with Gasteiger partial charge in [-0.05, 0) is 18.2 Å². The van der Waals surface area contributed by atoms with Crippen LogP contribution < -0.4 is 0 Å². The van der Waals surface area contributed by atoms with Crippen LogP contribution in [0.25, 0.3) is 11.0 Å². The van der Waals surface area contributed by atoms with Crippen molar-refractivity contribution >= 4 is 16.8 Å². The highest BCUT2D eigenvalue weighted by Gasteiger charge is 2.31. The molecule has 0 saturated carbocycles. The summed E-state index contributed by atoms with van der Waals surface area (Å²) in [5.41, 5.74) is -0.0877. The van der Waals surface area contributed by atoms with E-state index < -0.39 is 17.5 Å². The smallest absolute Gasteiger partial charge is 0.416 e. The molecule has 0 aliphatic rings. The van der Waals surface area contributed by atoms with Crippen LogP contribution >= 0.6 is 0 Å². The van der Waals surface area contributed by atoms with E-state index in [1.54, 1.807) is 24.3 Å². The van der Waals surface area contributed by atoms with Gasteiger partial charge >= 0.3 is 6.18 Å². The molecule has 3 aromatic rings. The maximum atomic E-state index is 12.7. The highest BCUT2D eigenvalue weighted by molar-refractivity contribution is 6.15. The summed E-state index contributed by atoms with van der Waals surface area (Å²) in [5.74, 6) is -0.494. The number of carbonyl (C=O) groups excluding carboxylic acids is 1. The predicted molar refractivity (Wildman–Crippen MR) is 71.1 cm³/mol. The zero-order valence-electron chi connectivity index (χ0n) is 10.6. The first-order valence-electron chi connectivity index (χ1n) is 6.15. The summed E-state index contributed by atoms with van der Waals surface area (Å²) in [6, 6.07) is 11.2. The lowest BCUT2D eigenvalue weighted by Crippen LogP contribution is -2.07. The van der Waals surface area contributed by atoms with Gasteiger partial charge in [0, 0.05) is 10.9 Å². The predicted octanol–water partition coefficient (Wildman–Crippen LogP) is 4.68. The van der Waals surface area contributed by atoms with Gasteiger partial charge in [0.05, 0.1) is 11.1 Å². The Hall–Kier alpha value is -2.56. The normalized spacial score (nSPS) is 11.8. The molecule has 3 rings (SSSR count). The van der Waals surface area contributed by atoms with Crippen molar-refractivity contribution in [3.05, 3.63) is 71.5 Å². The minimum Gasteiger partial charge on any atom is -0.464 e. The van der Waals surface area contributed by atoms with Gasteiger partial charge in [-0.1, -0.05) is 30.3 Å². The van der Waals surface area contributed by atoms with Crippen molar-refractivity contribution in [1.29, 1.82) is 0 Å². The topological polar surface area (TPSA) is 30.2 Å². The van der Waals surface area contributed by atoms with E-state index in [0.29, 0.717) is 11.0 Å². The van der Waals surface area contributed by atoms with Crippen molar-refractivity contribution in [3.8, 4) is 0 Å². The summed E-state index contributed by atoms with van der Waals surface area (Å²) >= 11 is 0. The standard InChI is InChI=1S/C16H9F3O2/c17-16(18,19)11-5-3-4-10(8-11)15(20)13-9-21-14-7-2-1-6-12(13)14/h1-9H. The molecule has 0 aliphatic carbocycles. The molecule has 0 saturated heterocycles. The Labute approximate surface area is 117 Å². The Bertz CT molecular complexity index is 816. The second kappa shape index (κ2) is 4.77. The van der Waals surface area contributed by atoms with Crippen LogP contribution in [0.1, 0.15) is 21.5 Å². The highest BCUT2D eigenvalue weighted by Crippen LogP contribution is 2.30. The largest absolute Gasteiger partial charge is 0.464 e. The van der Waals surface area contributed by atoms with Gasteiger partial charge in [-0.3, -0.25) is 4.79 Å². The number of rotatable bonds is 2. The van der Waals surface area contributed by atoms with E-state index in [1.807, 2.05) is 0 Å². The zero-order chi connectivity index (χ0) is 15.0. The van der Waals surface area contributed by atoms with Crippen LogP contribution in [0, 0.1) is 0 Å². The Morgan fingerprint density at radius 1 is 1.00 bits per heavy atom. The van der Waals surface area contributed by atoms with E-state index in [9.17, 15) is 18.0 Å². The Morgan fingerprint density at radius 2 is 1.76 bits per heavy atom. The first-order chi connectivity index (χ1) is 9.97. The fraction of sp³-hybridized carbons (Fsp3) is 0.0625. The number of alkyl halides is 3. The molecule has 0 fully saturated rings. The molecule has 2 nitrogen and oxygen atoms in total. The van der Waals surface area contributed by atoms with Gasteiger partial charge in [-0.2, -0.15) is 13.2 Å². The lowest BCUT2D eigenvalue weighted by molar-refractivity contribution is -0.137. The number of hydrogen-bond donors (Lipinski definition) is 0. The van der Waals surface area contributed by atoms with Crippen LogP contribution in [0.2, 0.25) is 0 Å². The summed E-state index contributed by atoms with van der Waals surface area (Å²) in [4.78, 5) is 12.4. The summed E-state index contributed by atoms with van der Waals surface area (Å²) in [5, 5.41) is 0.583. The van der Waals surface area contributed by atoms with Gasteiger partial charge in [0.2, 0.25) is 0 Å². The number of halogens is 3. The first-order valence-corrected chi connectivity index (χ1v) is 6.15. The second-order valence-electron chi connectivity index (χ2n) is 4.55. The number of fused-ring (bicyclic) bond motifs is 1. The molecule has 1 heterocycles. The number of carbonyl (C=O) groups is 1. The molecule has 0 amide bonds. The number of furan rings is 1. The lowest BCUT2D eigenvalue weighted by atomic mass is 10.0. The van der Waals surface area contributed by atoms with Gasteiger partial charge in [0.15, 0.2) is 5.78 Å². The van der Waals surface area contributed by atoms with E-state index >= 15 is 0 Å². The molecule has 0 radical (unpaired) electrons. The molecule has 5 heteroatoms. The Balaban J connectivity index is 2.07. The fourth-order valence-electron chi connectivity index (χ4n) is 2.15. The quantitative estimate of drug-likeness (QED) is 0.641. The monoisotopic (exact) mass is 290 g/mol. The third-order valence-corrected chi connectivity index (χ3v) is 3.18. The van der Waals surface area contributed by atoms with Gasteiger partial charge in [-0.15, -0.1) is 0 Å². The average Bonchev–Trinajstić information content (AvgIpc) is 2.90. The number of ketones is 1. The first kappa shape index (κ1) is 13.4. The Kier molecular flexibility index (Phi) is 3.05. The van der Waals surface area contributed by atoms with Gasteiger partial charge < -0.3 is 4.42 Å². The van der Waals surface area contributed by atoms with Crippen molar-refractivity contribution in [2.45, 2.75) is 6.18 Å². The van der Waals surface area contributed by atoms with Crippen LogP contribution in [0.15, 0.2) is 59.2 Å². The van der Waals surface area contributed by atoms with Gasteiger partial charge in [0.25, 0.3) is 0 Å². The number of hydrogen-bond acceptors (Lipinski definition) is 2. The lowest BCUT2D eigenvalue weighted by Gasteiger charge is -2.07. The third kappa shape index (κ3) is 2.42. The van der Waals surface area contributed by atoms with E-state index in [-0.39, 0.29) is 11.1 Å². The summed E-state index contributed by atoms with van der Waals surface area (Å²) < 4.78 is 43.3. The van der Waals surface area contributed by atoms with Crippen LogP contribution in [0.4, 0.5) is 13.2 Å². The maximum Gasteiger partial charge on any atom is 0.416 e. The van der Waals surface area contributed by atoms with E-state index in [2.05, 4.69) is 0 Å². The molecule has 21 heavy (non-hydrogen) atoms.